The summed E-state index contributed by atoms with van der Waals surface area (Å²) in [6, 6.07) is 0.242. The summed E-state index contributed by atoms with van der Waals surface area (Å²) in [6.07, 6.45) is 15.3. The molecular formula is C32H53N7O3. The van der Waals surface area contributed by atoms with Crippen molar-refractivity contribution in [1.29, 1.82) is 0 Å². The van der Waals surface area contributed by atoms with E-state index < -0.39 is 0 Å². The van der Waals surface area contributed by atoms with Crippen LogP contribution in [0.2, 0.25) is 0 Å². The topological polar surface area (TPSA) is 116 Å². The Morgan fingerprint density at radius 2 is 1.71 bits per heavy atom. The zero-order chi connectivity index (χ0) is 29.1. The number of ether oxygens (including phenoxy) is 1. The number of nitrogens with two attached hydrogens (primary N) is 1. The van der Waals surface area contributed by atoms with E-state index in [4.69, 9.17) is 15.3 Å². The number of hydrogen-bond acceptors (Lipinski definition) is 9. The van der Waals surface area contributed by atoms with Crippen molar-refractivity contribution in [3.63, 3.8) is 0 Å². The smallest absolute Gasteiger partial charge is 0.245 e. The van der Waals surface area contributed by atoms with Gasteiger partial charge in [-0.2, -0.15) is 5.48 Å². The van der Waals surface area contributed by atoms with Gasteiger partial charge in [0.2, 0.25) is 5.91 Å². The molecule has 6 N–H and O–H groups in total. The summed E-state index contributed by atoms with van der Waals surface area (Å²) < 4.78 is 6.63. The maximum atomic E-state index is 12.1. The number of fused-ring (bicyclic) bond motifs is 1. The van der Waals surface area contributed by atoms with Gasteiger partial charge in [-0.1, -0.05) is 37.7 Å². The van der Waals surface area contributed by atoms with Crippen LogP contribution in [0.4, 0.5) is 0 Å². The molecule has 6 fully saturated rings. The Labute approximate surface area is 252 Å². The van der Waals surface area contributed by atoms with Gasteiger partial charge in [0.05, 0.1) is 36.7 Å². The van der Waals surface area contributed by atoms with Crippen molar-refractivity contribution >= 4 is 5.91 Å². The summed E-state index contributed by atoms with van der Waals surface area (Å²) in [7, 11) is 0. The second-order valence-electron chi connectivity index (χ2n) is 13.5. The number of likely N-dealkylation sites (tertiary alicyclic amines) is 2. The molecule has 42 heavy (non-hydrogen) atoms. The first-order valence-corrected chi connectivity index (χ1v) is 16.7. The largest absolute Gasteiger partial charge is 0.375 e. The second kappa shape index (κ2) is 14.0. The average Bonchev–Trinajstić information content (AvgIpc) is 3.68. The van der Waals surface area contributed by atoms with Gasteiger partial charge in [0.15, 0.2) is 0 Å². The molecule has 7 unspecified atom stereocenters. The fourth-order valence-corrected chi connectivity index (χ4v) is 8.74. The first-order valence-electron chi connectivity index (χ1n) is 16.7. The van der Waals surface area contributed by atoms with Gasteiger partial charge >= 0.3 is 0 Å². The van der Waals surface area contributed by atoms with Gasteiger partial charge < -0.3 is 15.4 Å². The number of nitrogens with one attached hydrogen (secondary N) is 4. The molecule has 0 spiro atoms. The zero-order valence-electron chi connectivity index (χ0n) is 25.4. The van der Waals surface area contributed by atoms with Crippen LogP contribution in [0.1, 0.15) is 77.6 Å². The average molecular weight is 584 g/mol. The lowest BCUT2D eigenvalue weighted by Gasteiger charge is -2.42. The molecule has 4 saturated heterocycles. The van der Waals surface area contributed by atoms with Gasteiger partial charge in [0.25, 0.3) is 0 Å². The molecule has 4 aliphatic heterocycles. The number of piperidine rings is 1. The van der Waals surface area contributed by atoms with Crippen molar-refractivity contribution in [2.45, 2.75) is 120 Å². The lowest BCUT2D eigenvalue weighted by molar-refractivity contribution is -0.127. The molecule has 0 radical (unpaired) electrons. The van der Waals surface area contributed by atoms with Gasteiger partial charge in [0, 0.05) is 37.6 Å². The number of carbonyl (C=O) groups excluding carboxylic acids is 1. The molecule has 0 bridgehead atoms. The maximum Gasteiger partial charge on any atom is 0.245 e. The fraction of sp³-hybridized carbons (Fsp3) is 0.844. The van der Waals surface area contributed by atoms with Crippen molar-refractivity contribution in [2.24, 2.45) is 29.4 Å². The highest BCUT2D eigenvalue weighted by Gasteiger charge is 2.56. The van der Waals surface area contributed by atoms with Crippen LogP contribution in [0.25, 0.3) is 0 Å². The number of amides is 1. The van der Waals surface area contributed by atoms with E-state index in [9.17, 15) is 4.79 Å². The SMILES string of the molecule is C=CC(=O)N1CCC(C#CC2C(C3CCC(OC4CCCCC4)CC3)C3C(N)NCNC3N2C(C)C2NCON2)CC1. The number of hydrogen-bond donors (Lipinski definition) is 5. The molecule has 0 aromatic carbocycles. The second-order valence-corrected chi connectivity index (χ2v) is 13.5. The normalized spacial score (nSPS) is 39.3. The highest BCUT2D eigenvalue weighted by molar-refractivity contribution is 5.87. The summed E-state index contributed by atoms with van der Waals surface area (Å²) in [4.78, 5) is 22.1. The van der Waals surface area contributed by atoms with Crippen LogP contribution in [-0.4, -0.2) is 85.0 Å². The Morgan fingerprint density at radius 1 is 0.976 bits per heavy atom. The predicted molar refractivity (Wildman–Crippen MR) is 162 cm³/mol. The number of carbonyl (C=O) groups is 1. The standard InChI is InChI=1S/C32H53N7O3/c1-3-27(40)38-17-15-22(16-18-38)9-14-26-28(23-10-12-25(13-11-23)42-24-7-5-4-6-8-24)29-30(33)34-19-35-32(29)39(26)21(2)31-36-20-41-37-31/h3,21-26,28-32,34-37H,1,4-8,10-13,15-20,33H2,2H3. The molecule has 10 heteroatoms. The molecule has 1 amide bonds. The summed E-state index contributed by atoms with van der Waals surface area (Å²) in [5.74, 6) is 9.10. The molecule has 2 aliphatic carbocycles. The van der Waals surface area contributed by atoms with E-state index in [1.165, 1.54) is 51.0 Å². The Hall–Kier alpha value is -1.55. The van der Waals surface area contributed by atoms with E-state index in [0.717, 1.165) is 38.8 Å². The summed E-state index contributed by atoms with van der Waals surface area (Å²) in [5, 5.41) is 10.8. The lowest BCUT2D eigenvalue weighted by atomic mass is 9.70. The number of rotatable bonds is 6. The van der Waals surface area contributed by atoms with E-state index in [1.54, 1.807) is 0 Å². The van der Waals surface area contributed by atoms with Crippen molar-refractivity contribution < 1.29 is 14.4 Å². The third-order valence-electron chi connectivity index (χ3n) is 11.0. The van der Waals surface area contributed by atoms with Crippen LogP contribution >= 0.6 is 0 Å². The van der Waals surface area contributed by atoms with Crippen molar-refractivity contribution in [1.82, 2.24) is 31.2 Å². The Balaban J connectivity index is 1.22. The Bertz CT molecular complexity index is 974. The van der Waals surface area contributed by atoms with Gasteiger partial charge in [-0.05, 0) is 76.2 Å². The molecule has 234 valence electrons. The van der Waals surface area contributed by atoms with Gasteiger partial charge in [0.1, 0.15) is 6.73 Å². The van der Waals surface area contributed by atoms with Crippen LogP contribution in [-0.2, 0) is 14.4 Å². The highest BCUT2D eigenvalue weighted by Crippen LogP contribution is 2.47. The minimum absolute atomic E-state index is 0.0226. The number of nitrogens with zero attached hydrogens (tertiary/aromatic N) is 2. The number of hydroxylamine groups is 1. The molecule has 10 nitrogen and oxygen atoms in total. The first-order chi connectivity index (χ1) is 20.5. The quantitative estimate of drug-likeness (QED) is 0.236. The summed E-state index contributed by atoms with van der Waals surface area (Å²) >= 11 is 0. The molecule has 0 aromatic heterocycles. The molecule has 6 aliphatic rings. The first kappa shape index (κ1) is 30.5. The summed E-state index contributed by atoms with van der Waals surface area (Å²) in [6.45, 7) is 8.62. The molecule has 2 saturated carbocycles. The third kappa shape index (κ3) is 6.59. The zero-order valence-corrected chi connectivity index (χ0v) is 25.4. The Morgan fingerprint density at radius 3 is 2.40 bits per heavy atom. The van der Waals surface area contributed by atoms with Gasteiger partial charge in [-0.15, -0.1) is 0 Å². The minimum Gasteiger partial charge on any atom is -0.375 e. The van der Waals surface area contributed by atoms with Gasteiger partial charge in [-0.3, -0.25) is 30.5 Å². The third-order valence-corrected chi connectivity index (χ3v) is 11.0. The minimum atomic E-state index is -0.0761. The lowest BCUT2D eigenvalue weighted by Crippen LogP contribution is -2.66. The summed E-state index contributed by atoms with van der Waals surface area (Å²) in [5.41, 5.74) is 10.1. The van der Waals surface area contributed by atoms with Crippen molar-refractivity contribution in [3.8, 4) is 11.8 Å². The van der Waals surface area contributed by atoms with Crippen LogP contribution in [0.5, 0.6) is 0 Å². The van der Waals surface area contributed by atoms with E-state index in [2.05, 4.69) is 51.7 Å². The van der Waals surface area contributed by atoms with Crippen molar-refractivity contribution in [3.05, 3.63) is 12.7 Å². The molecular weight excluding hydrogens is 530 g/mol. The van der Waals surface area contributed by atoms with Crippen molar-refractivity contribution in [2.75, 3.05) is 26.5 Å². The molecule has 0 aromatic rings. The van der Waals surface area contributed by atoms with Gasteiger partial charge in [-0.25, -0.2) is 0 Å². The Kier molecular flexibility index (Phi) is 10.2. The predicted octanol–water partition coefficient (Wildman–Crippen LogP) is 1.80. The van der Waals surface area contributed by atoms with Crippen LogP contribution < -0.4 is 27.2 Å². The monoisotopic (exact) mass is 583 g/mol. The van der Waals surface area contributed by atoms with Crippen LogP contribution in [0, 0.1) is 35.5 Å². The highest BCUT2D eigenvalue weighted by atomic mass is 16.7. The van der Waals surface area contributed by atoms with E-state index in [0.29, 0.717) is 43.4 Å². The molecule has 6 rings (SSSR count). The van der Waals surface area contributed by atoms with E-state index in [1.807, 2.05) is 4.90 Å². The van der Waals surface area contributed by atoms with E-state index >= 15 is 0 Å². The maximum absolute atomic E-state index is 12.1. The molecule has 7 atom stereocenters. The fourth-order valence-electron chi connectivity index (χ4n) is 8.74. The van der Waals surface area contributed by atoms with E-state index in [-0.39, 0.29) is 42.4 Å². The molecule has 4 heterocycles. The van der Waals surface area contributed by atoms with Crippen LogP contribution in [0.3, 0.4) is 0 Å². The van der Waals surface area contributed by atoms with Crippen LogP contribution in [0.15, 0.2) is 12.7 Å².